The summed E-state index contributed by atoms with van der Waals surface area (Å²) >= 11 is 0.565. The number of hydrogen-bond acceptors (Lipinski definition) is 8. The molecule has 4 aromatic rings. The van der Waals surface area contributed by atoms with Crippen LogP contribution >= 0.6 is 11.3 Å². The zero-order valence-electron chi connectivity index (χ0n) is 16.1. The van der Waals surface area contributed by atoms with Crippen molar-refractivity contribution in [1.82, 2.24) is 20.1 Å². The van der Waals surface area contributed by atoms with Crippen molar-refractivity contribution in [2.75, 3.05) is 0 Å². The molecule has 0 bridgehead atoms. The average molecular weight is 522 g/mol. The van der Waals surface area contributed by atoms with Crippen LogP contribution in [0.2, 0.25) is 0 Å². The molecule has 34 heavy (non-hydrogen) atoms. The van der Waals surface area contributed by atoms with Gasteiger partial charge in [-0.05, 0) is 30.3 Å². The number of thiophene rings is 1. The van der Waals surface area contributed by atoms with Gasteiger partial charge in [-0.3, -0.25) is 4.55 Å². The van der Waals surface area contributed by atoms with Gasteiger partial charge in [0, 0.05) is 5.56 Å². The lowest BCUT2D eigenvalue weighted by Crippen LogP contribution is -2.10. The minimum absolute atomic E-state index is 0.0538. The molecule has 0 fully saturated rings. The lowest BCUT2D eigenvalue weighted by atomic mass is 10.1. The first-order chi connectivity index (χ1) is 15.7. The maximum absolute atomic E-state index is 13.4. The van der Waals surface area contributed by atoms with Crippen LogP contribution in [-0.2, 0) is 22.5 Å². The van der Waals surface area contributed by atoms with Crippen LogP contribution in [0, 0.1) is 0 Å². The van der Waals surface area contributed by atoms with E-state index in [1.165, 1.54) is 6.07 Å². The molecule has 0 saturated carbocycles. The number of hydrogen-bond donors (Lipinski definition) is 1. The van der Waals surface area contributed by atoms with Crippen LogP contribution in [0.1, 0.15) is 11.3 Å². The van der Waals surface area contributed by atoms with E-state index in [1.807, 2.05) is 0 Å². The van der Waals surface area contributed by atoms with Crippen molar-refractivity contribution >= 4 is 21.5 Å². The molecule has 0 aliphatic carbocycles. The van der Waals surface area contributed by atoms with E-state index in [0.717, 1.165) is 18.2 Å². The van der Waals surface area contributed by atoms with Crippen molar-refractivity contribution in [1.29, 1.82) is 0 Å². The molecular weight excluding hydrogens is 514 g/mol. The first-order valence-corrected chi connectivity index (χ1v) is 11.0. The molecule has 0 spiro atoms. The van der Waals surface area contributed by atoms with Crippen molar-refractivity contribution in [2.24, 2.45) is 0 Å². The van der Waals surface area contributed by atoms with Crippen LogP contribution in [0.5, 0.6) is 0 Å². The summed E-state index contributed by atoms with van der Waals surface area (Å²) in [6.07, 6.45) is -9.56. The van der Waals surface area contributed by atoms with Gasteiger partial charge in [-0.2, -0.15) is 39.7 Å². The number of alkyl halides is 6. The van der Waals surface area contributed by atoms with Crippen LogP contribution in [-0.4, -0.2) is 33.1 Å². The number of aromatic nitrogens is 4. The number of nitrogens with zero attached hydrogens (tertiary/aromatic N) is 4. The Hall–Kier alpha value is -3.37. The second kappa shape index (κ2) is 8.14. The maximum Gasteiger partial charge on any atom is 0.433 e. The van der Waals surface area contributed by atoms with E-state index >= 15 is 0 Å². The number of benzene rings is 1. The first kappa shape index (κ1) is 23.8. The van der Waals surface area contributed by atoms with Crippen LogP contribution < -0.4 is 0 Å². The lowest BCUT2D eigenvalue weighted by Gasteiger charge is -2.10. The van der Waals surface area contributed by atoms with E-state index in [9.17, 15) is 34.8 Å². The largest absolute Gasteiger partial charge is 0.433 e. The summed E-state index contributed by atoms with van der Waals surface area (Å²) in [5.41, 5.74) is -2.79. The first-order valence-electron chi connectivity index (χ1n) is 8.77. The Morgan fingerprint density at radius 3 is 2.09 bits per heavy atom. The maximum atomic E-state index is 13.4. The summed E-state index contributed by atoms with van der Waals surface area (Å²) in [6, 6.07) is 6.15. The molecule has 0 aliphatic rings. The highest BCUT2D eigenvalue weighted by Crippen LogP contribution is 2.35. The SMILES string of the molecule is O=S(=O)(O)c1ccc(-c2nc(-c3nc(-c4ccc(C(F)(F)F)cc4)cc(C(F)(F)F)n3)no2)s1. The third-order valence-corrected chi connectivity index (χ3v) is 6.59. The third-order valence-electron chi connectivity index (χ3n) is 4.20. The van der Waals surface area contributed by atoms with Crippen LogP contribution in [0.3, 0.4) is 0 Å². The third kappa shape index (κ3) is 4.92. The van der Waals surface area contributed by atoms with E-state index in [-0.39, 0.29) is 22.0 Å². The summed E-state index contributed by atoms with van der Waals surface area (Å²) in [5.74, 6) is -1.41. The molecule has 178 valence electrons. The van der Waals surface area contributed by atoms with Crippen LogP contribution in [0.4, 0.5) is 26.3 Å². The van der Waals surface area contributed by atoms with E-state index in [1.54, 1.807) is 0 Å². The predicted octanol–water partition coefficient (Wildman–Crippen LogP) is 5.21. The quantitative estimate of drug-likeness (QED) is 0.287. The molecule has 0 aliphatic heterocycles. The molecule has 16 heteroatoms. The van der Waals surface area contributed by atoms with Crippen molar-refractivity contribution in [3.63, 3.8) is 0 Å². The van der Waals surface area contributed by atoms with E-state index < -0.39 is 49.6 Å². The Balaban J connectivity index is 1.76. The Bertz CT molecular complexity index is 1460. The van der Waals surface area contributed by atoms with Gasteiger partial charge in [-0.25, -0.2) is 9.97 Å². The average Bonchev–Trinajstić information content (AvgIpc) is 3.42. The van der Waals surface area contributed by atoms with Gasteiger partial charge in [0.1, 0.15) is 9.90 Å². The van der Waals surface area contributed by atoms with Gasteiger partial charge in [0.15, 0.2) is 0 Å². The second-order valence-electron chi connectivity index (χ2n) is 6.55. The Morgan fingerprint density at radius 1 is 0.853 bits per heavy atom. The van der Waals surface area contributed by atoms with Crippen LogP contribution in [0.15, 0.2) is 51.2 Å². The molecular formula is C18H8F6N4O4S2. The molecule has 8 nitrogen and oxygen atoms in total. The summed E-state index contributed by atoms with van der Waals surface area (Å²) in [4.78, 5) is 11.2. The Kier molecular flexibility index (Phi) is 5.69. The molecule has 4 rings (SSSR count). The minimum Gasteiger partial charge on any atom is -0.333 e. The standard InChI is InChI=1S/C18H8F6N4O4S2/c19-17(20,21)9-3-1-8(2-4-9)10-7-12(18(22,23)24)26-14(25-10)15-27-16(32-28-15)11-5-6-13(33-11)34(29,30)31/h1-7H,(H,29,30,31). The molecule has 3 aromatic heterocycles. The van der Waals surface area contributed by atoms with Crippen molar-refractivity contribution in [2.45, 2.75) is 16.6 Å². The van der Waals surface area contributed by atoms with E-state index in [4.69, 9.17) is 9.08 Å². The number of rotatable bonds is 4. The van der Waals surface area contributed by atoms with Crippen molar-refractivity contribution in [3.05, 3.63) is 53.7 Å². The van der Waals surface area contributed by atoms with Crippen LogP contribution in [0.25, 0.3) is 33.7 Å². The van der Waals surface area contributed by atoms with Gasteiger partial charge in [-0.1, -0.05) is 17.3 Å². The number of halogens is 6. The van der Waals surface area contributed by atoms with Gasteiger partial charge < -0.3 is 4.52 Å². The summed E-state index contributed by atoms with van der Waals surface area (Å²) in [6.45, 7) is 0. The molecule has 0 amide bonds. The molecule has 0 atom stereocenters. The minimum atomic E-state index is -4.93. The fourth-order valence-electron chi connectivity index (χ4n) is 2.66. The fourth-order valence-corrected chi connectivity index (χ4v) is 4.25. The van der Waals surface area contributed by atoms with E-state index in [0.29, 0.717) is 29.5 Å². The Labute approximate surface area is 189 Å². The van der Waals surface area contributed by atoms with E-state index in [2.05, 4.69) is 20.1 Å². The molecule has 3 heterocycles. The zero-order valence-corrected chi connectivity index (χ0v) is 17.7. The van der Waals surface area contributed by atoms with Gasteiger partial charge in [-0.15, -0.1) is 11.3 Å². The molecule has 0 radical (unpaired) electrons. The lowest BCUT2D eigenvalue weighted by molar-refractivity contribution is -0.141. The summed E-state index contributed by atoms with van der Waals surface area (Å²) in [5, 5.41) is 3.51. The van der Waals surface area contributed by atoms with Crippen molar-refractivity contribution in [3.8, 4) is 33.7 Å². The second-order valence-corrected chi connectivity index (χ2v) is 9.28. The van der Waals surface area contributed by atoms with Gasteiger partial charge >= 0.3 is 22.5 Å². The monoisotopic (exact) mass is 522 g/mol. The highest BCUT2D eigenvalue weighted by molar-refractivity contribution is 7.88. The normalized spacial score (nSPS) is 12.8. The van der Waals surface area contributed by atoms with Crippen molar-refractivity contribution < 1.29 is 43.8 Å². The summed E-state index contributed by atoms with van der Waals surface area (Å²) < 4.78 is 115. The highest BCUT2D eigenvalue weighted by atomic mass is 32.3. The highest BCUT2D eigenvalue weighted by Gasteiger charge is 2.35. The molecule has 0 unspecified atom stereocenters. The smallest absolute Gasteiger partial charge is 0.333 e. The fraction of sp³-hybridized carbons (Fsp3) is 0.111. The molecule has 1 N–H and O–H groups in total. The van der Waals surface area contributed by atoms with Gasteiger partial charge in [0.25, 0.3) is 5.89 Å². The molecule has 1 aromatic carbocycles. The topological polar surface area (TPSA) is 119 Å². The van der Waals surface area contributed by atoms with Gasteiger partial charge in [0.05, 0.1) is 16.1 Å². The zero-order chi connectivity index (χ0) is 24.9. The van der Waals surface area contributed by atoms with Gasteiger partial charge in [0.2, 0.25) is 11.6 Å². The summed E-state index contributed by atoms with van der Waals surface area (Å²) in [7, 11) is -4.50. The molecule has 0 saturated heterocycles. The Morgan fingerprint density at radius 2 is 1.53 bits per heavy atom. The predicted molar refractivity (Wildman–Crippen MR) is 104 cm³/mol.